The number of allylic oxidation sites excluding steroid dienone is 1. The molecule has 0 spiro atoms. The predicted octanol–water partition coefficient (Wildman–Crippen LogP) is 2.89. The molecule has 2 aromatic rings. The fourth-order valence-electron chi connectivity index (χ4n) is 3.03. The number of methoxy groups -OCH3 is 3. The molecule has 1 aliphatic rings. The van der Waals surface area contributed by atoms with Crippen LogP contribution in [-0.2, 0) is 11.3 Å². The minimum atomic E-state index is -0.205. The third kappa shape index (κ3) is 2.59. The van der Waals surface area contributed by atoms with Gasteiger partial charge in [0.2, 0.25) is 5.75 Å². The number of carbonyl (C=O) groups excluding carboxylic acids is 1. The topological polar surface area (TPSA) is 49.7 Å². The lowest BCUT2D eigenvalue weighted by molar-refractivity contribution is -0.108. The van der Waals surface area contributed by atoms with Crippen LogP contribution >= 0.6 is 0 Å². The van der Waals surface area contributed by atoms with Crippen molar-refractivity contribution >= 4 is 12.4 Å². The molecular formula is C18H19NO4. The van der Waals surface area contributed by atoms with Crippen LogP contribution in [0.25, 0.3) is 6.08 Å². The highest BCUT2D eigenvalue weighted by Gasteiger charge is 2.26. The minimum absolute atomic E-state index is 0.205. The SMILES string of the molecule is COc1cc(/C=C2/Cn3cccc3C2C=O)cc(OC)c1OC. The van der Waals surface area contributed by atoms with Crippen molar-refractivity contribution in [3.63, 3.8) is 0 Å². The van der Waals surface area contributed by atoms with Gasteiger partial charge in [0.25, 0.3) is 0 Å². The Hall–Kier alpha value is -2.69. The normalized spacial score (nSPS) is 17.9. The fourth-order valence-corrected chi connectivity index (χ4v) is 3.03. The quantitative estimate of drug-likeness (QED) is 0.797. The zero-order valence-corrected chi connectivity index (χ0v) is 13.4. The van der Waals surface area contributed by atoms with Crippen molar-refractivity contribution in [3.05, 3.63) is 47.3 Å². The van der Waals surface area contributed by atoms with E-state index in [1.54, 1.807) is 21.3 Å². The van der Waals surface area contributed by atoms with E-state index in [1.165, 1.54) is 0 Å². The second-order valence-corrected chi connectivity index (χ2v) is 5.35. The third-order valence-electron chi connectivity index (χ3n) is 4.11. The van der Waals surface area contributed by atoms with Crippen molar-refractivity contribution in [2.24, 2.45) is 0 Å². The fraction of sp³-hybridized carbons (Fsp3) is 0.278. The van der Waals surface area contributed by atoms with Crippen molar-refractivity contribution in [1.82, 2.24) is 4.57 Å². The molecule has 23 heavy (non-hydrogen) atoms. The summed E-state index contributed by atoms with van der Waals surface area (Å²) in [6.07, 6.45) is 4.99. The van der Waals surface area contributed by atoms with E-state index in [2.05, 4.69) is 4.57 Å². The molecule has 0 aliphatic carbocycles. The van der Waals surface area contributed by atoms with Gasteiger partial charge < -0.3 is 23.6 Å². The number of ether oxygens (including phenoxy) is 3. The first kappa shape index (κ1) is 15.2. The molecule has 1 aromatic heterocycles. The summed E-state index contributed by atoms with van der Waals surface area (Å²) in [7, 11) is 4.75. The van der Waals surface area contributed by atoms with E-state index in [0.717, 1.165) is 23.1 Å². The minimum Gasteiger partial charge on any atom is -0.493 e. The summed E-state index contributed by atoms with van der Waals surface area (Å²) in [5.74, 6) is 1.55. The van der Waals surface area contributed by atoms with E-state index in [1.807, 2.05) is 36.5 Å². The van der Waals surface area contributed by atoms with Crippen LogP contribution in [0.15, 0.2) is 36.0 Å². The van der Waals surface area contributed by atoms with E-state index in [0.29, 0.717) is 23.8 Å². The molecule has 3 rings (SSSR count). The molecule has 0 fully saturated rings. The highest BCUT2D eigenvalue weighted by Crippen LogP contribution is 2.40. The van der Waals surface area contributed by atoms with Crippen LogP contribution in [0.4, 0.5) is 0 Å². The molecule has 5 heteroatoms. The molecule has 0 amide bonds. The van der Waals surface area contributed by atoms with Crippen LogP contribution in [0.2, 0.25) is 0 Å². The standard InChI is InChI=1S/C18H19NO4/c1-21-16-8-12(9-17(22-2)18(16)23-3)7-13-10-19-6-4-5-15(19)14(13)11-20/h4-9,11,14H,10H2,1-3H3/b13-7-. The van der Waals surface area contributed by atoms with Crippen molar-refractivity contribution in [2.75, 3.05) is 21.3 Å². The van der Waals surface area contributed by atoms with Crippen molar-refractivity contribution < 1.29 is 19.0 Å². The van der Waals surface area contributed by atoms with Gasteiger partial charge in [-0.3, -0.25) is 0 Å². The van der Waals surface area contributed by atoms with Crippen molar-refractivity contribution in [2.45, 2.75) is 12.5 Å². The van der Waals surface area contributed by atoms with Gasteiger partial charge >= 0.3 is 0 Å². The molecule has 0 radical (unpaired) electrons. The summed E-state index contributed by atoms with van der Waals surface area (Å²) in [5.41, 5.74) is 2.98. The molecule has 1 aromatic carbocycles. The molecule has 120 valence electrons. The Morgan fingerprint density at radius 2 is 1.83 bits per heavy atom. The summed E-state index contributed by atoms with van der Waals surface area (Å²) >= 11 is 0. The molecule has 0 saturated carbocycles. The number of fused-ring (bicyclic) bond motifs is 1. The number of aromatic nitrogens is 1. The summed E-state index contributed by atoms with van der Waals surface area (Å²) in [6.45, 7) is 0.711. The van der Waals surface area contributed by atoms with Gasteiger partial charge in [0.1, 0.15) is 6.29 Å². The summed E-state index contributed by atoms with van der Waals surface area (Å²) in [6, 6.07) is 7.70. The van der Waals surface area contributed by atoms with E-state index in [4.69, 9.17) is 14.2 Å². The van der Waals surface area contributed by atoms with E-state index in [9.17, 15) is 4.79 Å². The van der Waals surface area contributed by atoms with E-state index < -0.39 is 0 Å². The Morgan fingerprint density at radius 3 is 2.39 bits per heavy atom. The highest BCUT2D eigenvalue weighted by atomic mass is 16.5. The van der Waals surface area contributed by atoms with Gasteiger partial charge in [-0.2, -0.15) is 0 Å². The zero-order chi connectivity index (χ0) is 16.4. The van der Waals surface area contributed by atoms with Crippen LogP contribution in [0.5, 0.6) is 17.2 Å². The van der Waals surface area contributed by atoms with Crippen LogP contribution in [0, 0.1) is 0 Å². The molecule has 1 atom stereocenters. The van der Waals surface area contributed by atoms with E-state index >= 15 is 0 Å². The van der Waals surface area contributed by atoms with Crippen LogP contribution in [0.1, 0.15) is 17.2 Å². The number of benzene rings is 1. The van der Waals surface area contributed by atoms with E-state index in [-0.39, 0.29) is 5.92 Å². The summed E-state index contributed by atoms with van der Waals surface area (Å²) < 4.78 is 18.2. The first-order valence-electron chi connectivity index (χ1n) is 7.32. The molecule has 5 nitrogen and oxygen atoms in total. The number of carbonyl (C=O) groups is 1. The van der Waals surface area contributed by atoms with Crippen LogP contribution in [0.3, 0.4) is 0 Å². The Kier molecular flexibility index (Phi) is 4.10. The van der Waals surface area contributed by atoms with Gasteiger partial charge in [0.05, 0.1) is 27.2 Å². The maximum atomic E-state index is 11.5. The Morgan fingerprint density at radius 1 is 1.13 bits per heavy atom. The Balaban J connectivity index is 2.03. The Bertz CT molecular complexity index is 735. The number of hydrogen-bond donors (Lipinski definition) is 0. The maximum absolute atomic E-state index is 11.5. The second kappa shape index (κ2) is 6.20. The molecule has 1 aliphatic heterocycles. The monoisotopic (exact) mass is 313 g/mol. The lowest BCUT2D eigenvalue weighted by atomic mass is 9.98. The average molecular weight is 313 g/mol. The van der Waals surface area contributed by atoms with Crippen LogP contribution < -0.4 is 14.2 Å². The number of aldehydes is 1. The van der Waals surface area contributed by atoms with Crippen molar-refractivity contribution in [1.29, 1.82) is 0 Å². The lowest BCUT2D eigenvalue weighted by Gasteiger charge is -2.13. The predicted molar refractivity (Wildman–Crippen MR) is 87.3 cm³/mol. The first-order valence-corrected chi connectivity index (χ1v) is 7.32. The molecule has 2 heterocycles. The average Bonchev–Trinajstić information content (AvgIpc) is 3.14. The molecule has 1 unspecified atom stereocenters. The second-order valence-electron chi connectivity index (χ2n) is 5.35. The number of rotatable bonds is 5. The largest absolute Gasteiger partial charge is 0.493 e. The molecule has 0 saturated heterocycles. The Labute approximate surface area is 135 Å². The smallest absolute Gasteiger partial charge is 0.203 e. The number of hydrogen-bond acceptors (Lipinski definition) is 4. The first-order chi connectivity index (χ1) is 11.2. The molecule has 0 bridgehead atoms. The van der Waals surface area contributed by atoms with Crippen LogP contribution in [-0.4, -0.2) is 32.2 Å². The summed E-state index contributed by atoms with van der Waals surface area (Å²) in [4.78, 5) is 11.5. The van der Waals surface area contributed by atoms with Gasteiger partial charge in [0, 0.05) is 18.4 Å². The van der Waals surface area contributed by atoms with Gasteiger partial charge in [-0.25, -0.2) is 0 Å². The highest BCUT2D eigenvalue weighted by molar-refractivity contribution is 5.74. The zero-order valence-electron chi connectivity index (χ0n) is 13.4. The third-order valence-corrected chi connectivity index (χ3v) is 4.11. The lowest BCUT2D eigenvalue weighted by Crippen LogP contribution is -1.98. The summed E-state index contributed by atoms with van der Waals surface area (Å²) in [5, 5.41) is 0. The molecular weight excluding hydrogens is 294 g/mol. The van der Waals surface area contributed by atoms with Crippen molar-refractivity contribution in [3.8, 4) is 17.2 Å². The maximum Gasteiger partial charge on any atom is 0.203 e. The van der Waals surface area contributed by atoms with Gasteiger partial charge in [-0.15, -0.1) is 0 Å². The van der Waals surface area contributed by atoms with Gasteiger partial charge in [0.15, 0.2) is 11.5 Å². The van der Waals surface area contributed by atoms with Gasteiger partial charge in [-0.05, 0) is 35.4 Å². The van der Waals surface area contributed by atoms with Gasteiger partial charge in [-0.1, -0.05) is 6.08 Å². The molecule has 0 N–H and O–H groups in total. The number of nitrogens with zero attached hydrogens (tertiary/aromatic N) is 1.